The van der Waals surface area contributed by atoms with Gasteiger partial charge in [0.15, 0.2) is 0 Å². The zero-order chi connectivity index (χ0) is 14.5. The Bertz CT molecular complexity index is 583. The smallest absolute Gasteiger partial charge is 0.318 e. The van der Waals surface area contributed by atoms with Gasteiger partial charge in [-0.25, -0.2) is 4.79 Å². The molecule has 1 saturated heterocycles. The highest BCUT2D eigenvalue weighted by Crippen LogP contribution is 2.34. The number of nitrogens with zero attached hydrogens (tertiary/aromatic N) is 1. The number of carbonyl (C=O) groups is 1. The molecule has 0 aliphatic carbocycles. The maximum Gasteiger partial charge on any atom is 0.318 e. The third-order valence-electron chi connectivity index (χ3n) is 3.82. The van der Waals surface area contributed by atoms with Gasteiger partial charge < -0.3 is 10.2 Å². The number of urea groups is 1. The van der Waals surface area contributed by atoms with Crippen LogP contribution in [0.2, 0.25) is 0 Å². The maximum atomic E-state index is 12.0. The largest absolute Gasteiger partial charge is 0.338 e. The molecule has 1 aliphatic rings. The van der Waals surface area contributed by atoms with E-state index in [1.807, 2.05) is 41.3 Å². The summed E-state index contributed by atoms with van der Waals surface area (Å²) in [7, 11) is 0. The predicted octanol–water partition coefficient (Wildman–Crippen LogP) is 3.39. The molecule has 0 saturated carbocycles. The fourth-order valence-corrected chi connectivity index (χ4v) is 2.56. The Morgan fingerprint density at radius 1 is 1.05 bits per heavy atom. The summed E-state index contributed by atoms with van der Waals surface area (Å²) in [6.07, 6.45) is 1.98. The fraction of sp³-hybridized carbons (Fsp3) is 0.278. The summed E-state index contributed by atoms with van der Waals surface area (Å²) < 4.78 is 0. The van der Waals surface area contributed by atoms with Gasteiger partial charge in [-0.15, -0.1) is 0 Å². The molecule has 1 fully saturated rings. The molecule has 0 bridgehead atoms. The number of aryl methyl sites for hydroxylation is 1. The van der Waals surface area contributed by atoms with E-state index in [-0.39, 0.29) is 12.1 Å². The fourth-order valence-electron chi connectivity index (χ4n) is 2.56. The molecule has 0 spiro atoms. The molecule has 2 aromatic carbocycles. The molecule has 2 aromatic rings. The van der Waals surface area contributed by atoms with Crippen LogP contribution in [0.4, 0.5) is 4.79 Å². The maximum absolute atomic E-state index is 12.0. The number of nitrogens with one attached hydrogen (secondary N) is 1. The second-order valence-electron chi connectivity index (χ2n) is 5.40. The van der Waals surface area contributed by atoms with Crippen LogP contribution in [0.3, 0.4) is 0 Å². The topological polar surface area (TPSA) is 32.1 Å². The second-order valence-corrected chi connectivity index (χ2v) is 5.40. The summed E-state index contributed by atoms with van der Waals surface area (Å²) in [5.41, 5.74) is 2.54. The van der Waals surface area contributed by atoms with Gasteiger partial charge in [0, 0.05) is 13.1 Å². The summed E-state index contributed by atoms with van der Waals surface area (Å²) in [4.78, 5) is 13.9. The van der Waals surface area contributed by atoms with Crippen LogP contribution < -0.4 is 5.32 Å². The van der Waals surface area contributed by atoms with Crippen molar-refractivity contribution in [2.24, 2.45) is 0 Å². The van der Waals surface area contributed by atoms with Crippen LogP contribution in [0.5, 0.6) is 0 Å². The van der Waals surface area contributed by atoms with E-state index in [1.165, 1.54) is 11.1 Å². The van der Waals surface area contributed by atoms with Gasteiger partial charge in [0.05, 0.1) is 6.04 Å². The third-order valence-corrected chi connectivity index (χ3v) is 3.82. The minimum Gasteiger partial charge on any atom is -0.338 e. The van der Waals surface area contributed by atoms with Crippen LogP contribution in [0.1, 0.15) is 23.6 Å². The van der Waals surface area contributed by atoms with E-state index in [1.54, 1.807) is 0 Å². The molecule has 0 aromatic heterocycles. The minimum absolute atomic E-state index is 0.0527. The van der Waals surface area contributed by atoms with Crippen molar-refractivity contribution in [1.82, 2.24) is 10.2 Å². The average Bonchev–Trinajstić information content (AvgIpc) is 3.34. The Labute approximate surface area is 125 Å². The van der Waals surface area contributed by atoms with E-state index >= 15 is 0 Å². The Morgan fingerprint density at radius 3 is 2.43 bits per heavy atom. The highest BCUT2D eigenvalue weighted by Gasteiger charge is 2.39. The van der Waals surface area contributed by atoms with Gasteiger partial charge in [0.2, 0.25) is 0 Å². The van der Waals surface area contributed by atoms with Crippen molar-refractivity contribution >= 4 is 6.03 Å². The van der Waals surface area contributed by atoms with Crippen LogP contribution >= 0.6 is 0 Å². The van der Waals surface area contributed by atoms with Gasteiger partial charge in [-0.05, 0) is 24.0 Å². The summed E-state index contributed by atoms with van der Waals surface area (Å²) in [6.45, 7) is 1.56. The first kappa shape index (κ1) is 13.7. The molecule has 2 amide bonds. The van der Waals surface area contributed by atoms with Crippen molar-refractivity contribution in [3.05, 3.63) is 71.8 Å². The van der Waals surface area contributed by atoms with Crippen LogP contribution in [0, 0.1) is 0 Å². The summed E-state index contributed by atoms with van der Waals surface area (Å²) in [5.74, 6) is 0. The van der Waals surface area contributed by atoms with E-state index in [0.717, 1.165) is 25.9 Å². The molecular weight excluding hydrogens is 260 g/mol. The van der Waals surface area contributed by atoms with Crippen molar-refractivity contribution in [3.63, 3.8) is 0 Å². The first-order valence-electron chi connectivity index (χ1n) is 7.48. The number of rotatable bonds is 5. The van der Waals surface area contributed by atoms with Gasteiger partial charge in [-0.2, -0.15) is 0 Å². The second kappa shape index (κ2) is 6.44. The lowest BCUT2D eigenvalue weighted by Crippen LogP contribution is -2.29. The van der Waals surface area contributed by atoms with Crippen LogP contribution in [-0.2, 0) is 6.42 Å². The molecule has 1 atom stereocenters. The van der Waals surface area contributed by atoms with E-state index in [4.69, 9.17) is 0 Å². The Kier molecular flexibility index (Phi) is 4.20. The highest BCUT2D eigenvalue weighted by molar-refractivity contribution is 5.77. The van der Waals surface area contributed by atoms with E-state index in [0.29, 0.717) is 0 Å². The average molecular weight is 280 g/mol. The standard InChI is InChI=1S/C18H20N2O/c21-18(19-13-7-10-15-8-3-1-4-9-15)20-14-17(20)16-11-5-2-6-12-16/h1-6,8-9,11-12,17H,7,10,13-14H2,(H,19,21)/t17-,20?/m1/s1. The van der Waals surface area contributed by atoms with Gasteiger partial charge >= 0.3 is 6.03 Å². The zero-order valence-corrected chi connectivity index (χ0v) is 12.0. The number of benzene rings is 2. The number of hydrogen-bond acceptors (Lipinski definition) is 1. The summed E-state index contributed by atoms with van der Waals surface area (Å²) in [6, 6.07) is 20.9. The van der Waals surface area contributed by atoms with E-state index in [2.05, 4.69) is 29.6 Å². The SMILES string of the molecule is O=C(NCCCc1ccccc1)N1C[C@@H]1c1ccccc1. The summed E-state index contributed by atoms with van der Waals surface area (Å²) >= 11 is 0. The monoisotopic (exact) mass is 280 g/mol. The van der Waals surface area contributed by atoms with Crippen LogP contribution in [0.15, 0.2) is 60.7 Å². The van der Waals surface area contributed by atoms with Gasteiger partial charge in [0.1, 0.15) is 0 Å². The van der Waals surface area contributed by atoms with Crippen molar-refractivity contribution < 1.29 is 4.79 Å². The third kappa shape index (κ3) is 3.63. The molecule has 3 nitrogen and oxygen atoms in total. The van der Waals surface area contributed by atoms with Gasteiger partial charge in [0.25, 0.3) is 0 Å². The molecule has 1 N–H and O–H groups in total. The lowest BCUT2D eigenvalue weighted by Gasteiger charge is -2.07. The molecule has 21 heavy (non-hydrogen) atoms. The van der Waals surface area contributed by atoms with Crippen molar-refractivity contribution in [2.45, 2.75) is 18.9 Å². The first-order valence-corrected chi connectivity index (χ1v) is 7.48. The Morgan fingerprint density at radius 2 is 1.71 bits per heavy atom. The molecule has 1 aliphatic heterocycles. The normalized spacial score (nSPS) is 16.6. The molecular formula is C18H20N2O. The molecule has 3 rings (SSSR count). The van der Waals surface area contributed by atoms with Crippen LogP contribution in [0.25, 0.3) is 0 Å². The Hall–Kier alpha value is -2.29. The molecule has 108 valence electrons. The lowest BCUT2D eigenvalue weighted by atomic mass is 10.1. The number of carbonyl (C=O) groups excluding carboxylic acids is 1. The molecule has 0 radical (unpaired) electrons. The minimum atomic E-state index is 0.0527. The van der Waals surface area contributed by atoms with E-state index in [9.17, 15) is 4.79 Å². The number of hydrogen-bond donors (Lipinski definition) is 1. The van der Waals surface area contributed by atoms with Gasteiger partial charge in [-0.3, -0.25) is 0 Å². The van der Waals surface area contributed by atoms with Crippen molar-refractivity contribution in [2.75, 3.05) is 13.1 Å². The van der Waals surface area contributed by atoms with Gasteiger partial charge in [-0.1, -0.05) is 60.7 Å². The van der Waals surface area contributed by atoms with Crippen molar-refractivity contribution in [1.29, 1.82) is 0 Å². The number of amides is 2. The molecule has 3 heteroatoms. The first-order chi connectivity index (χ1) is 10.3. The molecule has 1 heterocycles. The highest BCUT2D eigenvalue weighted by atomic mass is 16.2. The quantitative estimate of drug-likeness (QED) is 0.661. The lowest BCUT2D eigenvalue weighted by molar-refractivity contribution is 0.227. The Balaban J connectivity index is 1.38. The summed E-state index contributed by atoms with van der Waals surface area (Å²) in [5, 5.41) is 3.00. The zero-order valence-electron chi connectivity index (χ0n) is 12.0. The van der Waals surface area contributed by atoms with E-state index < -0.39 is 0 Å². The van der Waals surface area contributed by atoms with Crippen molar-refractivity contribution in [3.8, 4) is 0 Å². The predicted molar refractivity (Wildman–Crippen MR) is 84.1 cm³/mol. The van der Waals surface area contributed by atoms with Crippen LogP contribution in [-0.4, -0.2) is 24.0 Å². The molecule has 0 unspecified atom stereocenters.